The van der Waals surface area contributed by atoms with Crippen LogP contribution >= 0.6 is 0 Å². The molecule has 1 saturated carbocycles. The monoisotopic (exact) mass is 332 g/mol. The summed E-state index contributed by atoms with van der Waals surface area (Å²) in [6, 6.07) is 4.54. The first-order chi connectivity index (χ1) is 11.7. The van der Waals surface area contributed by atoms with E-state index in [1.165, 1.54) is 18.3 Å². The fourth-order valence-electron chi connectivity index (χ4n) is 3.88. The van der Waals surface area contributed by atoms with Gasteiger partial charge in [-0.2, -0.15) is 0 Å². The van der Waals surface area contributed by atoms with E-state index in [4.69, 9.17) is 9.47 Å². The molecule has 1 saturated heterocycles. The molecule has 5 nitrogen and oxygen atoms in total. The van der Waals surface area contributed by atoms with Crippen molar-refractivity contribution in [3.05, 3.63) is 40.6 Å². The molecule has 2 aliphatic rings. The van der Waals surface area contributed by atoms with Gasteiger partial charge in [-0.1, -0.05) is 0 Å². The molecule has 2 aromatic rings. The zero-order chi connectivity index (χ0) is 16.6. The van der Waals surface area contributed by atoms with E-state index >= 15 is 0 Å². The topological polar surface area (TPSA) is 53.4 Å². The molecule has 0 N–H and O–H groups in total. The molecule has 0 radical (unpaired) electrons. The summed E-state index contributed by atoms with van der Waals surface area (Å²) in [4.78, 5) is 16.3. The van der Waals surface area contributed by atoms with Gasteiger partial charge in [0.1, 0.15) is 5.82 Å². The molecule has 1 spiro atoms. The Kier molecular flexibility index (Phi) is 4.10. The van der Waals surface area contributed by atoms with Gasteiger partial charge in [0, 0.05) is 31.5 Å². The maximum absolute atomic E-state index is 13.5. The van der Waals surface area contributed by atoms with Gasteiger partial charge < -0.3 is 14.0 Å². The van der Waals surface area contributed by atoms with E-state index in [0.717, 1.165) is 32.1 Å². The summed E-state index contributed by atoms with van der Waals surface area (Å²) in [6.45, 7) is 1.96. The van der Waals surface area contributed by atoms with E-state index in [-0.39, 0.29) is 11.3 Å². The van der Waals surface area contributed by atoms with Crippen molar-refractivity contribution in [2.24, 2.45) is 5.92 Å². The molecule has 0 unspecified atom stereocenters. The molecule has 6 heteroatoms. The minimum Gasteiger partial charge on any atom is -0.348 e. The fraction of sp³-hybridized carbons (Fsp3) is 0.556. The molecule has 0 bridgehead atoms. The van der Waals surface area contributed by atoms with Crippen molar-refractivity contribution in [3.8, 4) is 0 Å². The Labute approximate surface area is 139 Å². The van der Waals surface area contributed by atoms with Crippen LogP contribution in [0.3, 0.4) is 0 Å². The summed E-state index contributed by atoms with van der Waals surface area (Å²) in [5, 5.41) is 0. The fourth-order valence-corrected chi connectivity index (χ4v) is 3.88. The molecule has 3 heterocycles. The molecule has 0 aromatic carbocycles. The lowest BCUT2D eigenvalue weighted by atomic mass is 9.83. The summed E-state index contributed by atoms with van der Waals surface area (Å²) >= 11 is 0. The molecule has 1 aliphatic heterocycles. The van der Waals surface area contributed by atoms with Crippen molar-refractivity contribution in [1.29, 1.82) is 0 Å². The first-order valence-electron chi connectivity index (χ1n) is 8.58. The number of aryl methyl sites for hydroxylation is 1. The SMILES string of the molecule is O=c1ccc2ncc(F)cc2n1CCC1CCC2(CC1)OCCO2. The van der Waals surface area contributed by atoms with Crippen molar-refractivity contribution in [1.82, 2.24) is 9.55 Å². The van der Waals surface area contributed by atoms with Gasteiger partial charge in [-0.05, 0) is 31.2 Å². The predicted molar refractivity (Wildman–Crippen MR) is 87.2 cm³/mol. The number of ether oxygens (including phenoxy) is 2. The Morgan fingerprint density at radius 1 is 1.25 bits per heavy atom. The predicted octanol–water partition coefficient (Wildman–Crippen LogP) is 2.86. The molecular formula is C18H21FN2O3. The van der Waals surface area contributed by atoms with Gasteiger partial charge >= 0.3 is 0 Å². The normalized spacial score (nSPS) is 20.9. The number of aromatic nitrogens is 2. The second-order valence-corrected chi connectivity index (χ2v) is 6.72. The molecule has 128 valence electrons. The van der Waals surface area contributed by atoms with Crippen LogP contribution in [0.5, 0.6) is 0 Å². The van der Waals surface area contributed by atoms with E-state index < -0.39 is 5.82 Å². The molecule has 2 fully saturated rings. The number of pyridine rings is 2. The molecule has 1 aliphatic carbocycles. The zero-order valence-corrected chi connectivity index (χ0v) is 13.5. The molecule has 0 amide bonds. The highest BCUT2D eigenvalue weighted by molar-refractivity contribution is 5.74. The third kappa shape index (κ3) is 2.96. The molecule has 2 aromatic heterocycles. The molecule has 0 atom stereocenters. The van der Waals surface area contributed by atoms with Crippen LogP contribution in [0.4, 0.5) is 4.39 Å². The van der Waals surface area contributed by atoms with Crippen LogP contribution in [0.25, 0.3) is 11.0 Å². The lowest BCUT2D eigenvalue weighted by Crippen LogP contribution is -2.35. The van der Waals surface area contributed by atoms with Crippen molar-refractivity contribution in [2.75, 3.05) is 13.2 Å². The summed E-state index contributed by atoms with van der Waals surface area (Å²) < 4.78 is 26.7. The molecular weight excluding hydrogens is 311 g/mol. The van der Waals surface area contributed by atoms with Crippen LogP contribution in [-0.4, -0.2) is 28.6 Å². The minimum atomic E-state index is -0.419. The van der Waals surface area contributed by atoms with Gasteiger partial charge in [-0.25, -0.2) is 4.39 Å². The summed E-state index contributed by atoms with van der Waals surface area (Å²) in [7, 11) is 0. The summed E-state index contributed by atoms with van der Waals surface area (Å²) in [6.07, 6.45) is 5.97. The van der Waals surface area contributed by atoms with Crippen molar-refractivity contribution >= 4 is 11.0 Å². The van der Waals surface area contributed by atoms with Crippen molar-refractivity contribution in [2.45, 2.75) is 44.4 Å². The van der Waals surface area contributed by atoms with Crippen LogP contribution in [0.1, 0.15) is 32.1 Å². The number of halogens is 1. The second kappa shape index (κ2) is 6.26. The number of hydrogen-bond donors (Lipinski definition) is 0. The largest absolute Gasteiger partial charge is 0.348 e. The van der Waals surface area contributed by atoms with Gasteiger partial charge in [0.15, 0.2) is 5.79 Å². The van der Waals surface area contributed by atoms with Gasteiger partial charge in [0.05, 0.1) is 30.4 Å². The van der Waals surface area contributed by atoms with E-state index in [9.17, 15) is 9.18 Å². The zero-order valence-electron chi connectivity index (χ0n) is 13.5. The number of hydrogen-bond acceptors (Lipinski definition) is 4. The van der Waals surface area contributed by atoms with Gasteiger partial charge in [0.2, 0.25) is 0 Å². The van der Waals surface area contributed by atoms with Crippen molar-refractivity contribution < 1.29 is 13.9 Å². The second-order valence-electron chi connectivity index (χ2n) is 6.72. The van der Waals surface area contributed by atoms with Gasteiger partial charge in [-0.3, -0.25) is 9.78 Å². The van der Waals surface area contributed by atoms with Gasteiger partial charge in [0.25, 0.3) is 5.56 Å². The lowest BCUT2D eigenvalue weighted by molar-refractivity contribution is -0.182. The maximum Gasteiger partial charge on any atom is 0.251 e. The maximum atomic E-state index is 13.5. The Morgan fingerprint density at radius 3 is 2.75 bits per heavy atom. The highest BCUT2D eigenvalue weighted by Crippen LogP contribution is 2.39. The smallest absolute Gasteiger partial charge is 0.251 e. The number of rotatable bonds is 3. The Balaban J connectivity index is 1.46. The van der Waals surface area contributed by atoms with E-state index in [0.29, 0.717) is 36.7 Å². The number of fused-ring (bicyclic) bond motifs is 1. The highest BCUT2D eigenvalue weighted by Gasteiger charge is 2.40. The van der Waals surface area contributed by atoms with E-state index in [2.05, 4.69) is 4.98 Å². The van der Waals surface area contributed by atoms with Crippen molar-refractivity contribution in [3.63, 3.8) is 0 Å². The molecule has 24 heavy (non-hydrogen) atoms. The van der Waals surface area contributed by atoms with Gasteiger partial charge in [-0.15, -0.1) is 0 Å². The summed E-state index contributed by atoms with van der Waals surface area (Å²) in [5.41, 5.74) is 1.10. The standard InChI is InChI=1S/C18H21FN2O3/c19-14-11-16-15(20-12-14)1-2-17(22)21(16)8-5-13-3-6-18(7-4-13)23-9-10-24-18/h1-2,11-13H,3-10H2. The Morgan fingerprint density at radius 2 is 2.00 bits per heavy atom. The van der Waals surface area contributed by atoms with Crippen LogP contribution in [0, 0.1) is 11.7 Å². The summed E-state index contributed by atoms with van der Waals surface area (Å²) in [5.74, 6) is -0.232. The lowest BCUT2D eigenvalue weighted by Gasteiger charge is -2.35. The average molecular weight is 332 g/mol. The Hall–Kier alpha value is -1.79. The van der Waals surface area contributed by atoms with E-state index in [1.807, 2.05) is 0 Å². The Bertz CT molecular complexity index is 788. The van der Waals surface area contributed by atoms with Crippen LogP contribution in [0.2, 0.25) is 0 Å². The third-order valence-electron chi connectivity index (χ3n) is 5.25. The first kappa shape index (κ1) is 15.7. The number of nitrogens with zero attached hydrogens (tertiary/aromatic N) is 2. The third-order valence-corrected chi connectivity index (χ3v) is 5.25. The van der Waals surface area contributed by atoms with E-state index in [1.54, 1.807) is 10.6 Å². The highest BCUT2D eigenvalue weighted by atomic mass is 19.1. The minimum absolute atomic E-state index is 0.107. The van der Waals surface area contributed by atoms with Crippen LogP contribution in [-0.2, 0) is 16.0 Å². The van der Waals surface area contributed by atoms with Crippen LogP contribution < -0.4 is 5.56 Å². The quantitative estimate of drug-likeness (QED) is 0.867. The average Bonchev–Trinajstić information content (AvgIpc) is 3.04. The first-order valence-corrected chi connectivity index (χ1v) is 8.58. The molecule has 4 rings (SSSR count). The van der Waals surface area contributed by atoms with Crippen LogP contribution in [0.15, 0.2) is 29.2 Å².